The molecule has 1 heterocycles. The average molecular weight is 250 g/mol. The van der Waals surface area contributed by atoms with Crippen LogP contribution in [-0.4, -0.2) is 30.9 Å². The first-order chi connectivity index (χ1) is 8.81. The summed E-state index contributed by atoms with van der Waals surface area (Å²) in [6, 6.07) is 7.52. The zero-order valence-electron chi connectivity index (χ0n) is 10.2. The lowest BCUT2D eigenvalue weighted by Crippen LogP contribution is -2.40. The van der Waals surface area contributed by atoms with E-state index in [1.54, 1.807) is 0 Å². The highest BCUT2D eigenvalue weighted by Gasteiger charge is 2.22. The number of urea groups is 1. The lowest BCUT2D eigenvalue weighted by atomic mass is 10.0. The fraction of sp³-hybridized carbons (Fsp3) is 0.462. The summed E-state index contributed by atoms with van der Waals surface area (Å²) in [5.41, 5.74) is 1.01. The summed E-state index contributed by atoms with van der Waals surface area (Å²) in [5.74, 6) is 0.837. The van der Waals surface area contributed by atoms with Crippen LogP contribution in [0.25, 0.3) is 0 Å². The molecule has 1 aliphatic heterocycles. The smallest absolute Gasteiger partial charge is 0.315 e. The summed E-state index contributed by atoms with van der Waals surface area (Å²) in [6.07, 6.45) is 1.34. The number of para-hydroxylation sites is 1. The molecule has 1 aliphatic rings. The number of amides is 2. The number of benzene rings is 1. The molecular weight excluding hydrogens is 232 g/mol. The molecule has 2 amide bonds. The van der Waals surface area contributed by atoms with E-state index in [1.165, 1.54) is 0 Å². The highest BCUT2D eigenvalue weighted by molar-refractivity contribution is 5.74. The number of carbonyl (C=O) groups excluding carboxylic acids is 1. The monoisotopic (exact) mass is 250 g/mol. The molecule has 98 valence electrons. The van der Waals surface area contributed by atoms with Gasteiger partial charge in [-0.15, -0.1) is 0 Å². The van der Waals surface area contributed by atoms with E-state index in [4.69, 9.17) is 9.84 Å². The van der Waals surface area contributed by atoms with Crippen LogP contribution in [-0.2, 0) is 0 Å². The molecule has 1 aromatic rings. The largest absolute Gasteiger partial charge is 0.493 e. The molecule has 0 saturated carbocycles. The van der Waals surface area contributed by atoms with E-state index in [9.17, 15) is 4.79 Å². The van der Waals surface area contributed by atoms with Crippen molar-refractivity contribution in [2.24, 2.45) is 0 Å². The molecule has 18 heavy (non-hydrogen) atoms. The number of rotatable bonds is 4. The van der Waals surface area contributed by atoms with Gasteiger partial charge in [0, 0.05) is 25.1 Å². The summed E-state index contributed by atoms with van der Waals surface area (Å²) in [4.78, 5) is 11.7. The molecule has 0 fully saturated rings. The Hall–Kier alpha value is -1.75. The van der Waals surface area contributed by atoms with Crippen LogP contribution in [0.3, 0.4) is 0 Å². The third kappa shape index (κ3) is 3.13. The molecule has 2 rings (SSSR count). The molecule has 3 N–H and O–H groups in total. The lowest BCUT2D eigenvalue weighted by Gasteiger charge is -2.26. The van der Waals surface area contributed by atoms with E-state index in [2.05, 4.69) is 10.6 Å². The Balaban J connectivity index is 1.92. The van der Waals surface area contributed by atoms with Gasteiger partial charge in [-0.25, -0.2) is 4.79 Å². The molecular formula is C13H18N2O3. The summed E-state index contributed by atoms with van der Waals surface area (Å²) in [7, 11) is 0. The Morgan fingerprint density at radius 1 is 1.44 bits per heavy atom. The zero-order valence-corrected chi connectivity index (χ0v) is 10.2. The zero-order chi connectivity index (χ0) is 12.8. The molecule has 5 nitrogen and oxygen atoms in total. The van der Waals surface area contributed by atoms with Crippen molar-refractivity contribution in [1.29, 1.82) is 0 Å². The van der Waals surface area contributed by atoms with Crippen molar-refractivity contribution in [3.8, 4) is 5.75 Å². The number of nitrogens with one attached hydrogen (secondary N) is 2. The molecule has 0 aliphatic carbocycles. The van der Waals surface area contributed by atoms with Gasteiger partial charge in [-0.2, -0.15) is 0 Å². The lowest BCUT2D eigenvalue weighted by molar-refractivity contribution is 0.222. The SMILES string of the molecule is O=C(NCCCO)NC1CCOc2ccccc21. The van der Waals surface area contributed by atoms with E-state index >= 15 is 0 Å². The van der Waals surface area contributed by atoms with Crippen molar-refractivity contribution in [3.05, 3.63) is 29.8 Å². The second-order valence-electron chi connectivity index (χ2n) is 4.20. The maximum Gasteiger partial charge on any atom is 0.315 e. The molecule has 1 atom stereocenters. The number of carbonyl (C=O) groups is 1. The Morgan fingerprint density at radius 2 is 2.28 bits per heavy atom. The number of ether oxygens (including phenoxy) is 1. The minimum absolute atomic E-state index is 0.0101. The Morgan fingerprint density at radius 3 is 3.11 bits per heavy atom. The van der Waals surface area contributed by atoms with Crippen molar-refractivity contribution < 1.29 is 14.6 Å². The first-order valence-electron chi connectivity index (χ1n) is 6.18. The second kappa shape index (κ2) is 6.26. The Bertz CT molecular complexity index is 409. The van der Waals surface area contributed by atoms with E-state index < -0.39 is 0 Å². The third-order valence-corrected chi connectivity index (χ3v) is 2.88. The van der Waals surface area contributed by atoms with Crippen LogP contribution in [0.15, 0.2) is 24.3 Å². The van der Waals surface area contributed by atoms with Crippen LogP contribution >= 0.6 is 0 Å². The van der Waals surface area contributed by atoms with Gasteiger partial charge in [0.25, 0.3) is 0 Å². The van der Waals surface area contributed by atoms with Gasteiger partial charge >= 0.3 is 6.03 Å². The second-order valence-corrected chi connectivity index (χ2v) is 4.20. The highest BCUT2D eigenvalue weighted by Crippen LogP contribution is 2.31. The van der Waals surface area contributed by atoms with Gasteiger partial charge in [-0.3, -0.25) is 0 Å². The fourth-order valence-electron chi connectivity index (χ4n) is 1.98. The van der Waals surface area contributed by atoms with Crippen LogP contribution in [0, 0.1) is 0 Å². The minimum Gasteiger partial charge on any atom is -0.493 e. The van der Waals surface area contributed by atoms with Crippen molar-refractivity contribution in [2.45, 2.75) is 18.9 Å². The van der Waals surface area contributed by atoms with Gasteiger partial charge in [0.2, 0.25) is 0 Å². The van der Waals surface area contributed by atoms with E-state index in [0.717, 1.165) is 17.7 Å². The molecule has 1 aromatic carbocycles. The van der Waals surface area contributed by atoms with Crippen molar-refractivity contribution in [1.82, 2.24) is 10.6 Å². The van der Waals surface area contributed by atoms with Gasteiger partial charge in [-0.1, -0.05) is 18.2 Å². The third-order valence-electron chi connectivity index (χ3n) is 2.88. The maximum absolute atomic E-state index is 11.7. The van der Waals surface area contributed by atoms with Gasteiger partial charge < -0.3 is 20.5 Å². The van der Waals surface area contributed by atoms with Crippen LogP contribution in [0.5, 0.6) is 5.75 Å². The molecule has 0 spiro atoms. The summed E-state index contributed by atoms with van der Waals surface area (Å²) in [5, 5.41) is 14.3. The number of aliphatic hydroxyl groups excluding tert-OH is 1. The van der Waals surface area contributed by atoms with Crippen LogP contribution in [0.4, 0.5) is 4.79 Å². The highest BCUT2D eigenvalue weighted by atomic mass is 16.5. The van der Waals surface area contributed by atoms with E-state index in [0.29, 0.717) is 19.6 Å². The molecule has 5 heteroatoms. The molecule has 0 radical (unpaired) electrons. The topological polar surface area (TPSA) is 70.6 Å². The maximum atomic E-state index is 11.7. The molecule has 0 aromatic heterocycles. The molecule has 0 saturated heterocycles. The number of hydrogen-bond donors (Lipinski definition) is 3. The van der Waals surface area contributed by atoms with Gasteiger partial charge in [0.15, 0.2) is 0 Å². The van der Waals surface area contributed by atoms with Crippen LogP contribution < -0.4 is 15.4 Å². The summed E-state index contributed by atoms with van der Waals surface area (Å²) < 4.78 is 5.53. The van der Waals surface area contributed by atoms with Crippen molar-refractivity contribution >= 4 is 6.03 Å². The Labute approximate surface area is 106 Å². The number of fused-ring (bicyclic) bond motifs is 1. The fourth-order valence-corrected chi connectivity index (χ4v) is 1.98. The van der Waals surface area contributed by atoms with Crippen LogP contribution in [0.2, 0.25) is 0 Å². The predicted octanol–water partition coefficient (Wildman–Crippen LogP) is 1.19. The van der Waals surface area contributed by atoms with Gasteiger partial charge in [0.05, 0.1) is 12.6 Å². The quantitative estimate of drug-likeness (QED) is 0.703. The normalized spacial score (nSPS) is 17.5. The first kappa shape index (κ1) is 12.7. The van der Waals surface area contributed by atoms with Crippen LogP contribution in [0.1, 0.15) is 24.4 Å². The summed E-state index contributed by atoms with van der Waals surface area (Å²) >= 11 is 0. The van der Waals surface area contributed by atoms with Crippen molar-refractivity contribution in [3.63, 3.8) is 0 Å². The van der Waals surface area contributed by atoms with Crippen molar-refractivity contribution in [2.75, 3.05) is 19.8 Å². The summed E-state index contributed by atoms with van der Waals surface area (Å²) in [6.45, 7) is 1.17. The number of aliphatic hydroxyl groups is 1. The van der Waals surface area contributed by atoms with Gasteiger partial charge in [-0.05, 0) is 12.5 Å². The first-order valence-corrected chi connectivity index (χ1v) is 6.18. The predicted molar refractivity (Wildman–Crippen MR) is 67.5 cm³/mol. The van der Waals surface area contributed by atoms with E-state index in [-0.39, 0.29) is 18.7 Å². The standard InChI is InChI=1S/C13H18N2O3/c16-8-3-7-14-13(17)15-11-6-9-18-12-5-2-1-4-10(11)12/h1-2,4-5,11,16H,3,6-9H2,(H2,14,15,17). The van der Waals surface area contributed by atoms with E-state index in [1.807, 2.05) is 24.3 Å². The molecule has 0 bridgehead atoms. The number of hydrogen-bond acceptors (Lipinski definition) is 3. The van der Waals surface area contributed by atoms with Gasteiger partial charge in [0.1, 0.15) is 5.75 Å². The minimum atomic E-state index is -0.204. The molecule has 1 unspecified atom stereocenters. The Kier molecular flexibility index (Phi) is 4.41. The average Bonchev–Trinajstić information content (AvgIpc) is 2.39.